The van der Waals surface area contributed by atoms with Gasteiger partial charge < -0.3 is 9.84 Å². The van der Waals surface area contributed by atoms with E-state index in [0.717, 1.165) is 11.3 Å². The van der Waals surface area contributed by atoms with Crippen LogP contribution < -0.4 is 9.64 Å². The number of aromatic nitrogens is 2. The average Bonchev–Trinajstić information content (AvgIpc) is 3.53. The summed E-state index contributed by atoms with van der Waals surface area (Å²) in [4.78, 5) is 28.0. The molecule has 1 fully saturated rings. The largest absolute Gasteiger partial charge is 0.507 e. The molecule has 0 spiro atoms. The topological polar surface area (TPSA) is 92.6 Å². The fourth-order valence-corrected chi connectivity index (χ4v) is 5.99. The molecule has 1 atom stereocenters. The first-order chi connectivity index (χ1) is 19.0. The number of ether oxygens (including phenoxy) is 1. The number of anilines is 1. The zero-order valence-electron chi connectivity index (χ0n) is 20.5. The Bertz CT molecular complexity index is 1570. The molecular weight excluding hydrogens is 537 g/mol. The first kappa shape index (κ1) is 26.3. The van der Waals surface area contributed by atoms with Crippen molar-refractivity contribution in [2.24, 2.45) is 0 Å². The quantitative estimate of drug-likeness (QED) is 0.0656. The van der Waals surface area contributed by atoms with Gasteiger partial charge in [-0.3, -0.25) is 14.5 Å². The molecule has 1 amide bonds. The molecule has 196 valence electrons. The third kappa shape index (κ3) is 5.47. The lowest BCUT2D eigenvalue weighted by atomic mass is 9.95. The summed E-state index contributed by atoms with van der Waals surface area (Å²) in [6.45, 7) is 3.93. The summed E-state index contributed by atoms with van der Waals surface area (Å²) in [7, 11) is 0. The van der Waals surface area contributed by atoms with Gasteiger partial charge in [0.05, 0.1) is 11.6 Å². The molecule has 0 saturated carbocycles. The highest BCUT2D eigenvalue weighted by Crippen LogP contribution is 2.44. The van der Waals surface area contributed by atoms with Crippen LogP contribution in [0.2, 0.25) is 0 Å². The predicted molar refractivity (Wildman–Crippen MR) is 149 cm³/mol. The third-order valence-electron chi connectivity index (χ3n) is 5.94. The van der Waals surface area contributed by atoms with E-state index in [2.05, 4.69) is 16.8 Å². The van der Waals surface area contributed by atoms with Gasteiger partial charge in [-0.2, -0.15) is 0 Å². The number of carbonyl (C=O) groups is 2. The van der Waals surface area contributed by atoms with Gasteiger partial charge in [-0.25, -0.2) is 4.39 Å². The Morgan fingerprint density at radius 1 is 1.08 bits per heavy atom. The number of aliphatic hydroxyl groups excluding tert-OH is 1. The van der Waals surface area contributed by atoms with E-state index in [4.69, 9.17) is 4.74 Å². The van der Waals surface area contributed by atoms with E-state index >= 15 is 0 Å². The van der Waals surface area contributed by atoms with Crippen molar-refractivity contribution in [2.45, 2.75) is 16.1 Å². The van der Waals surface area contributed by atoms with Crippen LogP contribution in [0.15, 0.2) is 101 Å². The lowest BCUT2D eigenvalue weighted by molar-refractivity contribution is -0.132. The average molecular weight is 560 g/mol. The fourth-order valence-electron chi connectivity index (χ4n) is 4.14. The molecule has 1 aromatic heterocycles. The van der Waals surface area contributed by atoms with E-state index in [0.29, 0.717) is 32.5 Å². The molecule has 7 nitrogen and oxygen atoms in total. The van der Waals surface area contributed by atoms with Crippen molar-refractivity contribution in [1.82, 2.24) is 10.2 Å². The van der Waals surface area contributed by atoms with E-state index in [-0.39, 0.29) is 28.9 Å². The molecule has 4 aromatic rings. The normalized spacial score (nSPS) is 16.4. The summed E-state index contributed by atoms with van der Waals surface area (Å²) in [6.07, 6.45) is 1.61. The summed E-state index contributed by atoms with van der Waals surface area (Å²) in [6, 6.07) is 21.0. The molecule has 5 rings (SSSR count). The van der Waals surface area contributed by atoms with Gasteiger partial charge in [-0.1, -0.05) is 96.4 Å². The summed E-state index contributed by atoms with van der Waals surface area (Å²) in [5, 5.41) is 19.8. The maximum Gasteiger partial charge on any atom is 0.301 e. The number of hydrogen-bond donors (Lipinski definition) is 1. The van der Waals surface area contributed by atoms with Gasteiger partial charge in [-0.15, -0.1) is 10.2 Å². The number of thioether (sulfide) groups is 1. The molecule has 1 aliphatic heterocycles. The number of ketones is 1. The van der Waals surface area contributed by atoms with Crippen molar-refractivity contribution in [3.63, 3.8) is 0 Å². The number of hydrogen-bond acceptors (Lipinski definition) is 8. The number of amides is 1. The Balaban J connectivity index is 1.55. The highest BCUT2D eigenvalue weighted by atomic mass is 32.2. The molecule has 0 aliphatic carbocycles. The van der Waals surface area contributed by atoms with Gasteiger partial charge in [0.25, 0.3) is 5.78 Å². The van der Waals surface area contributed by atoms with Crippen LogP contribution >= 0.6 is 23.1 Å². The SMILES string of the molecule is C=CCOc1cccc(C2C(=C(O)c3ccccc3)C(=O)C(=O)N2c2nnc(SCc3ccccc3F)s2)c1. The lowest BCUT2D eigenvalue weighted by Crippen LogP contribution is -2.29. The van der Waals surface area contributed by atoms with E-state index in [1.54, 1.807) is 78.9 Å². The molecule has 39 heavy (non-hydrogen) atoms. The van der Waals surface area contributed by atoms with Crippen molar-refractivity contribution < 1.29 is 23.8 Å². The number of carbonyl (C=O) groups excluding carboxylic acids is 2. The van der Waals surface area contributed by atoms with Crippen molar-refractivity contribution in [3.8, 4) is 5.75 Å². The zero-order valence-corrected chi connectivity index (χ0v) is 22.1. The zero-order chi connectivity index (χ0) is 27.4. The van der Waals surface area contributed by atoms with Gasteiger partial charge >= 0.3 is 5.91 Å². The Labute approximate surface area is 232 Å². The second kappa shape index (κ2) is 11.6. The molecule has 1 aliphatic rings. The summed E-state index contributed by atoms with van der Waals surface area (Å²) < 4.78 is 20.2. The molecule has 0 bridgehead atoms. The van der Waals surface area contributed by atoms with Crippen molar-refractivity contribution in [3.05, 3.63) is 120 Å². The van der Waals surface area contributed by atoms with Crippen LogP contribution in [-0.4, -0.2) is 33.6 Å². The monoisotopic (exact) mass is 559 g/mol. The Hall–Kier alpha value is -4.28. The molecule has 2 heterocycles. The first-order valence-corrected chi connectivity index (χ1v) is 13.7. The standard InChI is InChI=1S/C29H22FN3O4S2/c1-2-15-37-21-13-8-12-19(16-21)24-23(25(34)18-9-4-3-5-10-18)26(35)27(36)33(24)28-31-32-29(39-28)38-17-20-11-6-7-14-22(20)30/h2-14,16,24,34H,1,15,17H2. The van der Waals surface area contributed by atoms with Gasteiger partial charge in [0.1, 0.15) is 23.9 Å². The van der Waals surface area contributed by atoms with Crippen LogP contribution in [0.3, 0.4) is 0 Å². The van der Waals surface area contributed by atoms with E-state index in [9.17, 15) is 19.1 Å². The number of rotatable bonds is 9. The van der Waals surface area contributed by atoms with Crippen LogP contribution in [0.5, 0.6) is 5.75 Å². The fraction of sp³-hybridized carbons (Fsp3) is 0.103. The summed E-state index contributed by atoms with van der Waals surface area (Å²) in [5.41, 5.74) is 1.39. The number of benzene rings is 3. The number of aliphatic hydroxyl groups is 1. The number of Topliss-reactive ketones (excluding diaryl/α,β-unsaturated/α-hetero) is 1. The van der Waals surface area contributed by atoms with Crippen LogP contribution in [-0.2, 0) is 15.3 Å². The predicted octanol–water partition coefficient (Wildman–Crippen LogP) is 6.16. The maximum atomic E-state index is 14.1. The Morgan fingerprint density at radius 3 is 2.62 bits per heavy atom. The van der Waals surface area contributed by atoms with Gasteiger partial charge in [0.15, 0.2) is 4.34 Å². The molecule has 1 unspecified atom stereocenters. The van der Waals surface area contributed by atoms with Crippen LogP contribution in [0.1, 0.15) is 22.7 Å². The van der Waals surface area contributed by atoms with Crippen molar-refractivity contribution in [2.75, 3.05) is 11.5 Å². The molecule has 0 radical (unpaired) electrons. The Morgan fingerprint density at radius 2 is 1.85 bits per heavy atom. The molecular formula is C29H22FN3O4S2. The minimum atomic E-state index is -0.977. The molecule has 10 heteroatoms. The molecule has 1 N–H and O–H groups in total. The highest BCUT2D eigenvalue weighted by Gasteiger charge is 2.48. The van der Waals surface area contributed by atoms with Gasteiger partial charge in [-0.05, 0) is 29.3 Å². The highest BCUT2D eigenvalue weighted by molar-refractivity contribution is 8.00. The first-order valence-electron chi connectivity index (χ1n) is 11.9. The number of halogens is 1. The number of nitrogens with zero attached hydrogens (tertiary/aromatic N) is 3. The van der Waals surface area contributed by atoms with Crippen LogP contribution in [0.4, 0.5) is 9.52 Å². The Kier molecular flexibility index (Phi) is 7.85. The van der Waals surface area contributed by atoms with Crippen molar-refractivity contribution in [1.29, 1.82) is 0 Å². The summed E-state index contributed by atoms with van der Waals surface area (Å²) >= 11 is 2.38. The van der Waals surface area contributed by atoms with E-state index < -0.39 is 17.7 Å². The second-order valence-electron chi connectivity index (χ2n) is 8.44. The van der Waals surface area contributed by atoms with Gasteiger partial charge in [0, 0.05) is 11.3 Å². The van der Waals surface area contributed by atoms with E-state index in [1.807, 2.05) is 0 Å². The summed E-state index contributed by atoms with van der Waals surface area (Å²) in [5.74, 6) is -1.46. The third-order valence-corrected chi connectivity index (χ3v) is 8.05. The molecule has 3 aromatic carbocycles. The van der Waals surface area contributed by atoms with Crippen LogP contribution in [0, 0.1) is 5.82 Å². The van der Waals surface area contributed by atoms with Crippen molar-refractivity contribution >= 4 is 45.7 Å². The molecule has 1 saturated heterocycles. The van der Waals surface area contributed by atoms with E-state index in [1.165, 1.54) is 22.7 Å². The minimum Gasteiger partial charge on any atom is -0.507 e. The second-order valence-corrected chi connectivity index (χ2v) is 10.6. The van der Waals surface area contributed by atoms with Gasteiger partial charge in [0.2, 0.25) is 5.13 Å². The minimum absolute atomic E-state index is 0.0668. The van der Waals surface area contributed by atoms with Crippen LogP contribution in [0.25, 0.3) is 5.76 Å². The maximum absolute atomic E-state index is 14.1. The smallest absolute Gasteiger partial charge is 0.301 e. The lowest BCUT2D eigenvalue weighted by Gasteiger charge is -2.23.